The van der Waals surface area contributed by atoms with Crippen LogP contribution in [0.1, 0.15) is 22.2 Å². The quantitative estimate of drug-likeness (QED) is 0.861. The molecule has 0 radical (unpaired) electrons. The highest BCUT2D eigenvalue weighted by Crippen LogP contribution is 2.41. The highest BCUT2D eigenvalue weighted by Gasteiger charge is 2.22. The predicted molar refractivity (Wildman–Crippen MR) is 79.8 cm³/mol. The minimum absolute atomic E-state index is 0.0206. The molecule has 0 aliphatic rings. The first kappa shape index (κ1) is 14.8. The zero-order valence-corrected chi connectivity index (χ0v) is 12.6. The average Bonchev–Trinajstić information content (AvgIpc) is 2.70. The van der Waals surface area contributed by atoms with Crippen LogP contribution in [-0.4, -0.2) is 12.6 Å². The zero-order valence-electron chi connectivity index (χ0n) is 11.0. The molecular weight excluding hydrogens is 301 g/mol. The molecule has 1 heterocycles. The van der Waals surface area contributed by atoms with Gasteiger partial charge in [0, 0.05) is 10.4 Å². The van der Waals surface area contributed by atoms with Gasteiger partial charge in [-0.3, -0.25) is 0 Å². The summed E-state index contributed by atoms with van der Waals surface area (Å²) in [5, 5.41) is 0.0206. The van der Waals surface area contributed by atoms with E-state index in [9.17, 15) is 9.18 Å². The number of thiophene rings is 1. The second kappa shape index (κ2) is 5.81. The topological polar surface area (TPSA) is 52.3 Å². The van der Waals surface area contributed by atoms with Crippen molar-refractivity contribution < 1.29 is 13.9 Å². The van der Waals surface area contributed by atoms with Crippen LogP contribution in [0.2, 0.25) is 5.02 Å². The van der Waals surface area contributed by atoms with Crippen molar-refractivity contribution in [2.75, 3.05) is 12.3 Å². The van der Waals surface area contributed by atoms with E-state index in [2.05, 4.69) is 0 Å². The van der Waals surface area contributed by atoms with Crippen LogP contribution in [0.25, 0.3) is 10.4 Å². The van der Waals surface area contributed by atoms with Gasteiger partial charge in [-0.15, -0.1) is 11.3 Å². The summed E-state index contributed by atoms with van der Waals surface area (Å²) in [7, 11) is 0. The molecule has 0 aliphatic heterocycles. The molecule has 1 aromatic heterocycles. The molecule has 0 saturated heterocycles. The summed E-state index contributed by atoms with van der Waals surface area (Å²) >= 11 is 7.14. The number of carbonyl (C=O) groups excluding carboxylic acids is 1. The molecule has 106 valence electrons. The summed E-state index contributed by atoms with van der Waals surface area (Å²) in [4.78, 5) is 12.8. The molecule has 1 aromatic carbocycles. The van der Waals surface area contributed by atoms with Crippen molar-refractivity contribution in [3.8, 4) is 10.4 Å². The monoisotopic (exact) mass is 313 g/mol. The van der Waals surface area contributed by atoms with E-state index in [0.717, 1.165) is 11.3 Å². The van der Waals surface area contributed by atoms with E-state index in [0.29, 0.717) is 26.6 Å². The van der Waals surface area contributed by atoms with Gasteiger partial charge in [-0.1, -0.05) is 23.7 Å². The van der Waals surface area contributed by atoms with Crippen LogP contribution in [-0.2, 0) is 4.74 Å². The van der Waals surface area contributed by atoms with Crippen molar-refractivity contribution >= 4 is 34.6 Å². The molecule has 2 N–H and O–H groups in total. The van der Waals surface area contributed by atoms with E-state index in [1.165, 1.54) is 6.07 Å². The standard InChI is InChI=1S/C14H13ClFNO2S/c1-3-19-14(18)13-11(17)7(2)12(20-13)8-5-4-6-9(16)10(8)15/h4-6H,3,17H2,1-2H3. The molecule has 2 rings (SSSR count). The Hall–Kier alpha value is -1.59. The van der Waals surface area contributed by atoms with Gasteiger partial charge in [0.15, 0.2) is 0 Å². The Balaban J connectivity index is 2.56. The number of ether oxygens (including phenoxy) is 1. The maximum atomic E-state index is 13.5. The number of halogens is 2. The van der Waals surface area contributed by atoms with Crippen LogP contribution in [0.4, 0.5) is 10.1 Å². The Bertz CT molecular complexity index is 669. The fourth-order valence-electron chi connectivity index (χ4n) is 1.81. The first-order valence-electron chi connectivity index (χ1n) is 5.97. The molecule has 0 bridgehead atoms. The summed E-state index contributed by atoms with van der Waals surface area (Å²) < 4.78 is 18.5. The smallest absolute Gasteiger partial charge is 0.350 e. The van der Waals surface area contributed by atoms with E-state index in [-0.39, 0.29) is 11.6 Å². The van der Waals surface area contributed by atoms with Gasteiger partial charge in [0.25, 0.3) is 0 Å². The molecule has 0 fully saturated rings. The third kappa shape index (κ3) is 2.51. The minimum Gasteiger partial charge on any atom is -0.462 e. The Morgan fingerprint density at radius 3 is 2.85 bits per heavy atom. The summed E-state index contributed by atoms with van der Waals surface area (Å²) in [5.74, 6) is -0.981. The van der Waals surface area contributed by atoms with Gasteiger partial charge in [-0.25, -0.2) is 9.18 Å². The van der Waals surface area contributed by atoms with Gasteiger partial charge in [0.05, 0.1) is 17.3 Å². The molecule has 0 unspecified atom stereocenters. The number of esters is 1. The van der Waals surface area contributed by atoms with Gasteiger partial charge >= 0.3 is 5.97 Å². The van der Waals surface area contributed by atoms with Crippen molar-refractivity contribution in [2.45, 2.75) is 13.8 Å². The fraction of sp³-hybridized carbons (Fsp3) is 0.214. The van der Waals surface area contributed by atoms with Crippen molar-refractivity contribution in [1.82, 2.24) is 0 Å². The number of hydrogen-bond donors (Lipinski definition) is 1. The second-order valence-corrected chi connectivity index (χ2v) is 5.52. The van der Waals surface area contributed by atoms with Crippen molar-refractivity contribution in [3.63, 3.8) is 0 Å². The van der Waals surface area contributed by atoms with Crippen LogP contribution < -0.4 is 5.73 Å². The lowest BCUT2D eigenvalue weighted by Gasteiger charge is -2.03. The molecule has 2 aromatic rings. The minimum atomic E-state index is -0.506. The number of nitrogen functional groups attached to an aromatic ring is 1. The molecule has 3 nitrogen and oxygen atoms in total. The predicted octanol–water partition coefficient (Wildman–Crippen LogP) is 4.27. The lowest BCUT2D eigenvalue weighted by Crippen LogP contribution is -2.05. The van der Waals surface area contributed by atoms with Crippen molar-refractivity contribution in [3.05, 3.63) is 39.5 Å². The van der Waals surface area contributed by atoms with E-state index in [4.69, 9.17) is 22.1 Å². The van der Waals surface area contributed by atoms with Gasteiger partial charge < -0.3 is 10.5 Å². The maximum absolute atomic E-state index is 13.5. The van der Waals surface area contributed by atoms with E-state index < -0.39 is 11.8 Å². The van der Waals surface area contributed by atoms with Gasteiger partial charge in [0.2, 0.25) is 0 Å². The Morgan fingerprint density at radius 2 is 2.20 bits per heavy atom. The van der Waals surface area contributed by atoms with Crippen LogP contribution in [0.15, 0.2) is 18.2 Å². The molecule has 6 heteroatoms. The maximum Gasteiger partial charge on any atom is 0.350 e. The van der Waals surface area contributed by atoms with E-state index >= 15 is 0 Å². The third-order valence-corrected chi connectivity index (χ3v) is 4.56. The highest BCUT2D eigenvalue weighted by atomic mass is 35.5. The third-order valence-electron chi connectivity index (χ3n) is 2.85. The number of benzene rings is 1. The number of carbonyl (C=O) groups is 1. The molecule has 20 heavy (non-hydrogen) atoms. The summed E-state index contributed by atoms with van der Waals surface area (Å²) in [5.41, 5.74) is 7.51. The first-order valence-corrected chi connectivity index (χ1v) is 7.17. The Morgan fingerprint density at radius 1 is 1.50 bits per heavy atom. The van der Waals surface area contributed by atoms with Crippen molar-refractivity contribution in [2.24, 2.45) is 0 Å². The SMILES string of the molecule is CCOC(=O)c1sc(-c2cccc(F)c2Cl)c(C)c1N. The average molecular weight is 314 g/mol. The van der Waals surface area contributed by atoms with Crippen LogP contribution in [0.5, 0.6) is 0 Å². The lowest BCUT2D eigenvalue weighted by atomic mass is 10.1. The van der Waals surface area contributed by atoms with Gasteiger partial charge in [0.1, 0.15) is 10.7 Å². The normalized spacial score (nSPS) is 10.6. The van der Waals surface area contributed by atoms with Crippen molar-refractivity contribution in [1.29, 1.82) is 0 Å². The first-order chi connectivity index (χ1) is 9.47. The zero-order chi connectivity index (χ0) is 14.9. The fourth-order valence-corrected chi connectivity index (χ4v) is 3.24. The number of hydrogen-bond acceptors (Lipinski definition) is 4. The molecule has 0 amide bonds. The van der Waals surface area contributed by atoms with E-state index in [1.807, 2.05) is 0 Å². The van der Waals surface area contributed by atoms with Crippen LogP contribution in [0, 0.1) is 12.7 Å². The Labute approximate surface area is 125 Å². The molecule has 0 aliphatic carbocycles. The second-order valence-electron chi connectivity index (χ2n) is 4.12. The highest BCUT2D eigenvalue weighted by molar-refractivity contribution is 7.18. The molecule has 0 atom stereocenters. The van der Waals surface area contributed by atoms with Gasteiger partial charge in [-0.05, 0) is 25.5 Å². The summed E-state index contributed by atoms with van der Waals surface area (Å²) in [6.07, 6.45) is 0. The lowest BCUT2D eigenvalue weighted by molar-refractivity contribution is 0.0533. The molecular formula is C14H13ClFNO2S. The number of anilines is 1. The largest absolute Gasteiger partial charge is 0.462 e. The molecule has 0 spiro atoms. The van der Waals surface area contributed by atoms with E-state index in [1.54, 1.807) is 26.0 Å². The summed E-state index contributed by atoms with van der Waals surface area (Å²) in [6.45, 7) is 3.76. The van der Waals surface area contributed by atoms with Gasteiger partial charge in [-0.2, -0.15) is 0 Å². The van der Waals surface area contributed by atoms with Crippen LogP contribution >= 0.6 is 22.9 Å². The Kier molecular flexibility index (Phi) is 4.30. The number of rotatable bonds is 3. The summed E-state index contributed by atoms with van der Waals surface area (Å²) in [6, 6.07) is 4.54. The number of nitrogens with two attached hydrogens (primary N) is 1. The molecule has 0 saturated carbocycles. The van der Waals surface area contributed by atoms with Crippen LogP contribution in [0.3, 0.4) is 0 Å².